The van der Waals surface area contributed by atoms with Crippen LogP contribution in [0.3, 0.4) is 0 Å². The first-order valence-corrected chi connectivity index (χ1v) is 22.5. The molecule has 1 aromatic heterocycles. The molecule has 0 saturated heterocycles. The molecule has 0 aliphatic heterocycles. The Labute approximate surface area is 372 Å². The Balaban J connectivity index is 1.13. The molecule has 0 fully saturated rings. The lowest BCUT2D eigenvalue weighted by Crippen LogP contribution is -2.28. The maximum absolute atomic E-state index is 2.50. The van der Waals surface area contributed by atoms with Crippen molar-refractivity contribution in [3.63, 3.8) is 0 Å². The molecule has 0 amide bonds. The van der Waals surface area contributed by atoms with Gasteiger partial charge in [-0.3, -0.25) is 0 Å². The summed E-state index contributed by atoms with van der Waals surface area (Å²) in [6.45, 7) is 0. The van der Waals surface area contributed by atoms with Crippen molar-refractivity contribution in [3.8, 4) is 44.5 Å². The lowest BCUT2D eigenvalue weighted by atomic mass is 9.68. The van der Waals surface area contributed by atoms with Crippen LogP contribution >= 0.6 is 11.3 Å². The predicted octanol–water partition coefficient (Wildman–Crippen LogP) is 16.9. The van der Waals surface area contributed by atoms with Crippen LogP contribution < -0.4 is 4.90 Å². The Bertz CT molecular complexity index is 3370. The number of thiophene rings is 1. The van der Waals surface area contributed by atoms with Gasteiger partial charge in [0.05, 0.1) is 11.1 Å². The van der Waals surface area contributed by atoms with Gasteiger partial charge in [0.1, 0.15) is 0 Å². The van der Waals surface area contributed by atoms with E-state index in [4.69, 9.17) is 0 Å². The number of rotatable bonds is 8. The molecule has 63 heavy (non-hydrogen) atoms. The fourth-order valence-corrected chi connectivity index (χ4v) is 11.3. The molecule has 0 radical (unpaired) electrons. The van der Waals surface area contributed by atoms with Crippen LogP contribution in [0, 0.1) is 0 Å². The molecule has 296 valence electrons. The van der Waals surface area contributed by atoms with Gasteiger partial charge in [0, 0.05) is 37.1 Å². The molecule has 1 heterocycles. The summed E-state index contributed by atoms with van der Waals surface area (Å²) in [5.74, 6) is 0. The Kier molecular flexibility index (Phi) is 8.98. The average molecular weight is 820 g/mol. The van der Waals surface area contributed by atoms with Crippen LogP contribution in [0.15, 0.2) is 249 Å². The first-order valence-electron chi connectivity index (χ1n) is 21.7. The van der Waals surface area contributed by atoms with Gasteiger partial charge in [0.15, 0.2) is 0 Å². The Morgan fingerprint density at radius 1 is 0.333 bits per heavy atom. The van der Waals surface area contributed by atoms with Crippen molar-refractivity contribution in [2.24, 2.45) is 0 Å². The van der Waals surface area contributed by atoms with Crippen LogP contribution in [0.4, 0.5) is 17.1 Å². The van der Waals surface area contributed by atoms with Crippen LogP contribution in [0.25, 0.3) is 64.7 Å². The monoisotopic (exact) mass is 819 g/mol. The number of hydrogen-bond acceptors (Lipinski definition) is 2. The van der Waals surface area contributed by atoms with Gasteiger partial charge in [-0.15, -0.1) is 11.3 Å². The highest BCUT2D eigenvalue weighted by atomic mass is 32.1. The molecule has 11 aromatic rings. The molecular weight excluding hydrogens is 779 g/mol. The van der Waals surface area contributed by atoms with Crippen LogP contribution in [-0.2, 0) is 5.41 Å². The van der Waals surface area contributed by atoms with Crippen LogP contribution in [0.5, 0.6) is 0 Å². The van der Waals surface area contributed by atoms with Gasteiger partial charge in [-0.05, 0) is 104 Å². The highest BCUT2D eigenvalue weighted by molar-refractivity contribution is 7.26. The molecular formula is C61H41NS. The fraction of sp³-hybridized carbons (Fsp3) is 0.0164. The lowest BCUT2D eigenvalue weighted by molar-refractivity contribution is 0.768. The van der Waals surface area contributed by atoms with Crippen molar-refractivity contribution in [3.05, 3.63) is 271 Å². The average Bonchev–Trinajstić information content (AvgIpc) is 3.89. The zero-order valence-corrected chi connectivity index (χ0v) is 35.3. The predicted molar refractivity (Wildman–Crippen MR) is 268 cm³/mol. The largest absolute Gasteiger partial charge is 0.310 e. The molecule has 0 unspecified atom stereocenters. The SMILES string of the molecule is c1ccc(-c2ccc(-c3c(N(c4ccc(-c5ccccc5)cc4)c4ccc5c(c4)-c4ccccc4C5(c4ccccc4)c4ccccc4)ccc4sc5ccccc5c34)cc2)cc1. The van der Waals surface area contributed by atoms with Crippen LogP contribution in [0.2, 0.25) is 0 Å². The quantitative estimate of drug-likeness (QED) is 0.148. The van der Waals surface area contributed by atoms with E-state index in [1.165, 1.54) is 86.9 Å². The fourth-order valence-electron chi connectivity index (χ4n) is 10.2. The number of nitrogens with zero attached hydrogens (tertiary/aromatic N) is 1. The molecule has 1 nitrogen and oxygen atoms in total. The van der Waals surface area contributed by atoms with E-state index < -0.39 is 5.41 Å². The zero-order chi connectivity index (χ0) is 41.7. The van der Waals surface area contributed by atoms with Gasteiger partial charge in [0.25, 0.3) is 0 Å². The minimum atomic E-state index is -0.477. The van der Waals surface area contributed by atoms with Crippen molar-refractivity contribution in [1.82, 2.24) is 0 Å². The second-order valence-corrected chi connectivity index (χ2v) is 17.5. The summed E-state index contributed by atoms with van der Waals surface area (Å²) in [7, 11) is 0. The maximum atomic E-state index is 2.50. The Morgan fingerprint density at radius 2 is 0.825 bits per heavy atom. The molecule has 10 aromatic carbocycles. The van der Waals surface area contributed by atoms with Gasteiger partial charge < -0.3 is 4.90 Å². The zero-order valence-electron chi connectivity index (χ0n) is 34.5. The molecule has 0 spiro atoms. The summed E-state index contributed by atoms with van der Waals surface area (Å²) in [4.78, 5) is 2.50. The van der Waals surface area contributed by atoms with Crippen molar-refractivity contribution < 1.29 is 0 Å². The minimum Gasteiger partial charge on any atom is -0.310 e. The van der Waals surface area contributed by atoms with E-state index in [0.29, 0.717) is 0 Å². The molecule has 0 saturated carbocycles. The summed E-state index contributed by atoms with van der Waals surface area (Å²) in [6.07, 6.45) is 0. The van der Waals surface area contributed by atoms with Gasteiger partial charge in [-0.1, -0.05) is 206 Å². The first kappa shape index (κ1) is 37.0. The summed E-state index contributed by atoms with van der Waals surface area (Å²) >= 11 is 1.87. The third-order valence-electron chi connectivity index (χ3n) is 13.0. The highest BCUT2D eigenvalue weighted by Crippen LogP contribution is 2.58. The standard InChI is InChI=1S/C61H41NS/c1-5-17-42(18-6-1)44-29-31-46(32-30-44)59-56(39-40-58-60(59)52-26-14-16-28-57(52)63-58)62(49-35-33-45(34-36-49)43-19-7-2-8-20-43)50-37-38-55-53(41-50)51-25-13-15-27-54(51)61(55,47-21-9-3-10-22-47)48-23-11-4-12-24-48/h1-41H. The van der Waals surface area contributed by atoms with E-state index in [0.717, 1.165) is 17.1 Å². The van der Waals surface area contributed by atoms with Gasteiger partial charge in [0.2, 0.25) is 0 Å². The molecule has 0 atom stereocenters. The molecule has 1 aliphatic carbocycles. The lowest BCUT2D eigenvalue weighted by Gasteiger charge is -2.34. The van der Waals surface area contributed by atoms with Crippen molar-refractivity contribution >= 4 is 48.6 Å². The van der Waals surface area contributed by atoms with E-state index in [2.05, 4.69) is 254 Å². The van der Waals surface area contributed by atoms with Crippen LogP contribution in [-0.4, -0.2) is 0 Å². The highest BCUT2D eigenvalue weighted by Gasteiger charge is 2.46. The van der Waals surface area contributed by atoms with E-state index in [-0.39, 0.29) is 0 Å². The first-order chi connectivity index (χ1) is 31.3. The van der Waals surface area contributed by atoms with E-state index in [1.807, 2.05) is 11.3 Å². The number of hydrogen-bond donors (Lipinski definition) is 0. The van der Waals surface area contributed by atoms with Crippen molar-refractivity contribution in [2.45, 2.75) is 5.41 Å². The summed E-state index contributed by atoms with van der Waals surface area (Å²) < 4.78 is 2.57. The number of benzene rings is 10. The topological polar surface area (TPSA) is 3.24 Å². The number of fused-ring (bicyclic) bond motifs is 6. The molecule has 2 heteroatoms. The maximum Gasteiger partial charge on any atom is 0.0713 e. The van der Waals surface area contributed by atoms with Gasteiger partial charge in [-0.2, -0.15) is 0 Å². The smallest absolute Gasteiger partial charge is 0.0713 e. The Hall–Kier alpha value is -7.78. The van der Waals surface area contributed by atoms with Crippen LogP contribution in [0.1, 0.15) is 22.3 Å². The third kappa shape index (κ3) is 6.06. The molecule has 0 N–H and O–H groups in total. The van der Waals surface area contributed by atoms with Gasteiger partial charge >= 0.3 is 0 Å². The van der Waals surface area contributed by atoms with E-state index in [9.17, 15) is 0 Å². The molecule has 1 aliphatic rings. The van der Waals surface area contributed by atoms with E-state index in [1.54, 1.807) is 0 Å². The second kappa shape index (κ2) is 15.3. The second-order valence-electron chi connectivity index (χ2n) is 16.4. The Morgan fingerprint density at radius 3 is 1.48 bits per heavy atom. The normalized spacial score (nSPS) is 12.6. The van der Waals surface area contributed by atoms with Crippen molar-refractivity contribution in [1.29, 1.82) is 0 Å². The summed E-state index contributed by atoms with van der Waals surface area (Å²) in [6, 6.07) is 91.6. The van der Waals surface area contributed by atoms with E-state index >= 15 is 0 Å². The third-order valence-corrected chi connectivity index (χ3v) is 14.1. The summed E-state index contributed by atoms with van der Waals surface area (Å²) in [5.41, 5.74) is 17.7. The van der Waals surface area contributed by atoms with Crippen molar-refractivity contribution in [2.75, 3.05) is 4.90 Å². The minimum absolute atomic E-state index is 0.477. The molecule has 0 bridgehead atoms. The molecule has 12 rings (SSSR count). The van der Waals surface area contributed by atoms with Gasteiger partial charge in [-0.25, -0.2) is 0 Å². The summed E-state index contributed by atoms with van der Waals surface area (Å²) in [5, 5.41) is 2.56. The number of anilines is 3.